The Bertz CT molecular complexity index is 180. The number of rotatable bonds is 2. The van der Waals surface area contributed by atoms with Crippen molar-refractivity contribution in [1.29, 1.82) is 0 Å². The van der Waals surface area contributed by atoms with Crippen molar-refractivity contribution in [3.63, 3.8) is 0 Å². The van der Waals surface area contributed by atoms with E-state index in [1.165, 1.54) is 0 Å². The molecule has 3 heteroatoms. The molecule has 3 nitrogen and oxygen atoms in total. The lowest BCUT2D eigenvalue weighted by Gasteiger charge is -2.24. The van der Waals surface area contributed by atoms with Crippen LogP contribution in [0.5, 0.6) is 0 Å². The molecular weight excluding hydrogens is 144 g/mol. The Morgan fingerprint density at radius 3 is 2.91 bits per heavy atom. The molecule has 0 radical (unpaired) electrons. The molecule has 1 aliphatic heterocycles. The molecule has 2 unspecified atom stereocenters. The highest BCUT2D eigenvalue weighted by Gasteiger charge is 2.47. The van der Waals surface area contributed by atoms with Crippen molar-refractivity contribution in [3.05, 3.63) is 0 Å². The maximum absolute atomic E-state index is 10.5. The van der Waals surface area contributed by atoms with Gasteiger partial charge in [-0.1, -0.05) is 0 Å². The number of fused-ring (bicyclic) bond motifs is 2. The van der Waals surface area contributed by atoms with E-state index in [9.17, 15) is 4.79 Å². The molecule has 1 heterocycles. The van der Waals surface area contributed by atoms with Crippen molar-refractivity contribution in [3.8, 4) is 0 Å². The van der Waals surface area contributed by atoms with E-state index < -0.39 is 5.97 Å². The summed E-state index contributed by atoms with van der Waals surface area (Å²) in [5.41, 5.74) is -0.267. The van der Waals surface area contributed by atoms with Gasteiger partial charge in [-0.25, -0.2) is 0 Å². The first-order valence-corrected chi connectivity index (χ1v) is 4.06. The molecule has 1 N–H and O–H groups in total. The number of hydrogen-bond acceptors (Lipinski definition) is 2. The lowest BCUT2D eigenvalue weighted by Crippen LogP contribution is -2.29. The van der Waals surface area contributed by atoms with Crippen molar-refractivity contribution in [2.24, 2.45) is 5.92 Å². The molecule has 11 heavy (non-hydrogen) atoms. The molecule has 1 saturated carbocycles. The van der Waals surface area contributed by atoms with Crippen molar-refractivity contribution >= 4 is 5.97 Å². The van der Waals surface area contributed by atoms with Crippen LogP contribution in [-0.2, 0) is 9.53 Å². The number of aliphatic carboxylic acids is 1. The maximum Gasteiger partial charge on any atom is 0.306 e. The fraction of sp³-hybridized carbons (Fsp3) is 0.875. The Labute approximate surface area is 65.4 Å². The molecule has 0 spiro atoms. The van der Waals surface area contributed by atoms with Gasteiger partial charge in [0, 0.05) is 0 Å². The second-order valence-electron chi connectivity index (χ2n) is 3.67. The summed E-state index contributed by atoms with van der Waals surface area (Å²) < 4.78 is 5.47. The first kappa shape index (κ1) is 7.10. The van der Waals surface area contributed by atoms with Gasteiger partial charge in [0.25, 0.3) is 0 Å². The number of hydrogen-bond donors (Lipinski definition) is 1. The first-order chi connectivity index (χ1) is 5.20. The third kappa shape index (κ3) is 1.13. The van der Waals surface area contributed by atoms with E-state index in [1.807, 2.05) is 0 Å². The topological polar surface area (TPSA) is 46.5 Å². The summed E-state index contributed by atoms with van der Waals surface area (Å²) in [6, 6.07) is 0. The zero-order chi connectivity index (χ0) is 7.90. The van der Waals surface area contributed by atoms with Gasteiger partial charge in [0.1, 0.15) is 0 Å². The highest BCUT2D eigenvalue weighted by Crippen LogP contribution is 2.46. The minimum absolute atomic E-state index is 0.198. The fourth-order valence-corrected chi connectivity index (χ4v) is 2.25. The quantitative estimate of drug-likeness (QED) is 0.649. The Hall–Kier alpha value is -0.570. The molecule has 2 fully saturated rings. The standard InChI is InChI=1S/C8H12O3/c9-7(10)4-8-2-1-6(3-8)5-11-8/h6H,1-5H2,(H,9,10). The molecule has 1 saturated heterocycles. The van der Waals surface area contributed by atoms with Crippen molar-refractivity contribution < 1.29 is 14.6 Å². The summed E-state index contributed by atoms with van der Waals surface area (Å²) in [5, 5.41) is 8.61. The predicted molar refractivity (Wildman–Crippen MR) is 38.3 cm³/mol. The smallest absolute Gasteiger partial charge is 0.306 e. The zero-order valence-corrected chi connectivity index (χ0v) is 6.38. The van der Waals surface area contributed by atoms with Gasteiger partial charge in [-0.15, -0.1) is 0 Å². The van der Waals surface area contributed by atoms with Crippen LogP contribution in [0.15, 0.2) is 0 Å². The van der Waals surface area contributed by atoms with Gasteiger partial charge in [0.15, 0.2) is 0 Å². The number of carboxylic acid groups (broad SMARTS) is 1. The van der Waals surface area contributed by atoms with Gasteiger partial charge < -0.3 is 9.84 Å². The van der Waals surface area contributed by atoms with Crippen molar-refractivity contribution in [1.82, 2.24) is 0 Å². The summed E-state index contributed by atoms with van der Waals surface area (Å²) in [5.74, 6) is -0.0816. The number of carbonyl (C=O) groups is 1. The van der Waals surface area contributed by atoms with Crippen LogP contribution in [0.2, 0.25) is 0 Å². The van der Waals surface area contributed by atoms with Crippen LogP contribution >= 0.6 is 0 Å². The van der Waals surface area contributed by atoms with E-state index in [1.54, 1.807) is 0 Å². The van der Waals surface area contributed by atoms with E-state index >= 15 is 0 Å². The molecule has 2 rings (SSSR count). The Kier molecular flexibility index (Phi) is 1.42. The Balaban J connectivity index is 2.05. The molecule has 1 aliphatic carbocycles. The van der Waals surface area contributed by atoms with Crippen LogP contribution in [0.3, 0.4) is 0 Å². The highest BCUT2D eigenvalue weighted by atomic mass is 16.5. The first-order valence-electron chi connectivity index (χ1n) is 4.06. The molecule has 62 valence electrons. The third-order valence-electron chi connectivity index (χ3n) is 2.77. The molecule has 0 amide bonds. The van der Waals surface area contributed by atoms with Crippen LogP contribution in [0.25, 0.3) is 0 Å². The van der Waals surface area contributed by atoms with Crippen LogP contribution in [0.4, 0.5) is 0 Å². The molecule has 2 aliphatic rings. The minimum Gasteiger partial charge on any atom is -0.481 e. The lowest BCUT2D eigenvalue weighted by atomic mass is 9.98. The number of ether oxygens (including phenoxy) is 1. The molecule has 2 bridgehead atoms. The summed E-state index contributed by atoms with van der Waals surface area (Å²) >= 11 is 0. The van der Waals surface area contributed by atoms with E-state index in [2.05, 4.69) is 0 Å². The molecule has 2 atom stereocenters. The van der Waals surface area contributed by atoms with E-state index in [0.29, 0.717) is 5.92 Å². The predicted octanol–water partition coefficient (Wildman–Crippen LogP) is 1.03. The molecule has 0 aromatic rings. The normalized spacial score (nSPS) is 41.3. The third-order valence-corrected chi connectivity index (χ3v) is 2.77. The number of carboxylic acids is 1. The largest absolute Gasteiger partial charge is 0.481 e. The van der Waals surface area contributed by atoms with Crippen LogP contribution in [0.1, 0.15) is 25.7 Å². The highest BCUT2D eigenvalue weighted by molar-refractivity contribution is 5.68. The van der Waals surface area contributed by atoms with E-state index in [0.717, 1.165) is 25.9 Å². The van der Waals surface area contributed by atoms with Gasteiger partial charge >= 0.3 is 5.97 Å². The van der Waals surface area contributed by atoms with Gasteiger partial charge in [-0.3, -0.25) is 4.79 Å². The SMILES string of the molecule is O=C(O)CC12CCC(CO1)C2. The van der Waals surface area contributed by atoms with E-state index in [-0.39, 0.29) is 12.0 Å². The second-order valence-corrected chi connectivity index (χ2v) is 3.67. The molecule has 0 aromatic heterocycles. The van der Waals surface area contributed by atoms with Gasteiger partial charge in [-0.2, -0.15) is 0 Å². The summed E-state index contributed by atoms with van der Waals surface area (Å²) in [7, 11) is 0. The monoisotopic (exact) mass is 156 g/mol. The average molecular weight is 156 g/mol. The Morgan fingerprint density at radius 2 is 2.55 bits per heavy atom. The summed E-state index contributed by atoms with van der Waals surface area (Å²) in [4.78, 5) is 10.5. The summed E-state index contributed by atoms with van der Waals surface area (Å²) in [6.45, 7) is 0.785. The molecular formula is C8H12O3. The van der Waals surface area contributed by atoms with Gasteiger partial charge in [0.05, 0.1) is 18.6 Å². The summed E-state index contributed by atoms with van der Waals surface area (Å²) in [6.07, 6.45) is 3.28. The maximum atomic E-state index is 10.5. The Morgan fingerprint density at radius 1 is 1.73 bits per heavy atom. The zero-order valence-electron chi connectivity index (χ0n) is 6.38. The van der Waals surface area contributed by atoms with E-state index in [4.69, 9.17) is 9.84 Å². The van der Waals surface area contributed by atoms with Crippen LogP contribution in [-0.4, -0.2) is 23.3 Å². The molecule has 0 aromatic carbocycles. The van der Waals surface area contributed by atoms with Crippen LogP contribution in [0, 0.1) is 5.92 Å². The van der Waals surface area contributed by atoms with Gasteiger partial charge in [-0.05, 0) is 25.2 Å². The minimum atomic E-state index is -0.729. The van der Waals surface area contributed by atoms with Crippen molar-refractivity contribution in [2.45, 2.75) is 31.3 Å². The average Bonchev–Trinajstić information content (AvgIpc) is 2.43. The lowest BCUT2D eigenvalue weighted by molar-refractivity contribution is -0.143. The second kappa shape index (κ2) is 2.21. The van der Waals surface area contributed by atoms with Gasteiger partial charge in [0.2, 0.25) is 0 Å². The van der Waals surface area contributed by atoms with Crippen LogP contribution < -0.4 is 0 Å². The van der Waals surface area contributed by atoms with Crippen molar-refractivity contribution in [2.75, 3.05) is 6.61 Å². The fourth-order valence-electron chi connectivity index (χ4n) is 2.25.